The van der Waals surface area contributed by atoms with Crippen LogP contribution in [-0.2, 0) is 10.0 Å². The second-order valence-electron chi connectivity index (χ2n) is 6.35. The molecule has 0 bridgehead atoms. The predicted molar refractivity (Wildman–Crippen MR) is 110 cm³/mol. The number of nitrogens with one attached hydrogen (secondary N) is 1. The van der Waals surface area contributed by atoms with Gasteiger partial charge in [-0.15, -0.1) is 0 Å². The highest BCUT2D eigenvalue weighted by Gasteiger charge is 2.32. The molecule has 0 unspecified atom stereocenters. The Morgan fingerprint density at radius 2 is 1.76 bits per heavy atom. The fraction of sp³-hybridized carbons (Fsp3) is 0.316. The van der Waals surface area contributed by atoms with E-state index in [0.717, 1.165) is 0 Å². The maximum atomic E-state index is 13.1. The lowest BCUT2D eigenvalue weighted by Crippen LogP contribution is -2.51. The highest BCUT2D eigenvalue weighted by molar-refractivity contribution is 7.89. The van der Waals surface area contributed by atoms with Crippen LogP contribution in [0.25, 0.3) is 0 Å². The molecule has 0 spiro atoms. The number of piperazine rings is 1. The number of halogens is 1. The second-order valence-corrected chi connectivity index (χ2v) is 8.69. The van der Waals surface area contributed by atoms with E-state index < -0.39 is 10.0 Å². The SMILES string of the molecule is COc1ccc(OC)c(S(=O)(=O)N2CCN(C(=O)Nc3cccc(Cl)c3)CC2)c1. The maximum Gasteiger partial charge on any atom is 0.321 e. The van der Waals surface area contributed by atoms with Gasteiger partial charge in [-0.3, -0.25) is 0 Å². The molecule has 1 fully saturated rings. The molecule has 1 aliphatic heterocycles. The monoisotopic (exact) mass is 439 g/mol. The number of anilines is 1. The fourth-order valence-electron chi connectivity index (χ4n) is 3.02. The van der Waals surface area contributed by atoms with E-state index in [-0.39, 0.29) is 42.9 Å². The zero-order valence-electron chi connectivity index (χ0n) is 16.1. The van der Waals surface area contributed by atoms with Crippen LogP contribution in [0.4, 0.5) is 10.5 Å². The van der Waals surface area contributed by atoms with Gasteiger partial charge < -0.3 is 19.7 Å². The molecule has 29 heavy (non-hydrogen) atoms. The Balaban J connectivity index is 1.69. The quantitative estimate of drug-likeness (QED) is 0.773. The van der Waals surface area contributed by atoms with Crippen molar-refractivity contribution in [1.29, 1.82) is 0 Å². The molecule has 0 atom stereocenters. The Morgan fingerprint density at radius 3 is 2.38 bits per heavy atom. The third-order valence-electron chi connectivity index (χ3n) is 4.59. The van der Waals surface area contributed by atoms with Crippen molar-refractivity contribution in [2.24, 2.45) is 0 Å². The van der Waals surface area contributed by atoms with Crippen LogP contribution < -0.4 is 14.8 Å². The summed E-state index contributed by atoms with van der Waals surface area (Å²) in [5.41, 5.74) is 0.582. The Labute approximate surface area is 175 Å². The average molecular weight is 440 g/mol. The Kier molecular flexibility index (Phi) is 6.51. The highest BCUT2D eigenvalue weighted by Crippen LogP contribution is 2.31. The highest BCUT2D eigenvalue weighted by atomic mass is 35.5. The number of benzene rings is 2. The van der Waals surface area contributed by atoms with Crippen LogP contribution >= 0.6 is 11.6 Å². The van der Waals surface area contributed by atoms with Gasteiger partial charge in [0, 0.05) is 43.0 Å². The molecule has 10 heteroatoms. The van der Waals surface area contributed by atoms with Crippen molar-refractivity contribution in [3.05, 3.63) is 47.5 Å². The fourth-order valence-corrected chi connectivity index (χ4v) is 4.81. The van der Waals surface area contributed by atoms with Gasteiger partial charge in [0.1, 0.15) is 16.4 Å². The van der Waals surface area contributed by atoms with Crippen LogP contribution in [0, 0.1) is 0 Å². The largest absolute Gasteiger partial charge is 0.497 e. The maximum absolute atomic E-state index is 13.1. The first-order valence-electron chi connectivity index (χ1n) is 8.89. The van der Waals surface area contributed by atoms with Gasteiger partial charge in [0.2, 0.25) is 10.0 Å². The van der Waals surface area contributed by atoms with Crippen LogP contribution in [0.5, 0.6) is 11.5 Å². The molecule has 1 aliphatic rings. The molecule has 1 saturated heterocycles. The summed E-state index contributed by atoms with van der Waals surface area (Å²) in [5.74, 6) is 0.663. The van der Waals surface area contributed by atoms with E-state index in [1.807, 2.05) is 0 Å². The summed E-state index contributed by atoms with van der Waals surface area (Å²) >= 11 is 5.93. The topological polar surface area (TPSA) is 88.2 Å². The van der Waals surface area contributed by atoms with Crippen molar-refractivity contribution >= 4 is 33.3 Å². The number of rotatable bonds is 5. The molecular formula is C19H22ClN3O5S. The lowest BCUT2D eigenvalue weighted by Gasteiger charge is -2.34. The normalized spacial score (nSPS) is 15.1. The molecule has 0 aromatic heterocycles. The van der Waals surface area contributed by atoms with Crippen LogP contribution in [0.3, 0.4) is 0 Å². The van der Waals surface area contributed by atoms with E-state index in [9.17, 15) is 13.2 Å². The summed E-state index contributed by atoms with van der Waals surface area (Å²) < 4.78 is 37.9. The zero-order valence-corrected chi connectivity index (χ0v) is 17.7. The van der Waals surface area contributed by atoms with Crippen molar-refractivity contribution in [1.82, 2.24) is 9.21 Å². The van der Waals surface area contributed by atoms with Gasteiger partial charge >= 0.3 is 6.03 Å². The number of hydrogen-bond acceptors (Lipinski definition) is 5. The van der Waals surface area contributed by atoms with Crippen LogP contribution in [0.15, 0.2) is 47.4 Å². The summed E-state index contributed by atoms with van der Waals surface area (Å²) in [4.78, 5) is 14.1. The third-order valence-corrected chi connectivity index (χ3v) is 6.75. The minimum Gasteiger partial charge on any atom is -0.497 e. The summed E-state index contributed by atoms with van der Waals surface area (Å²) in [6, 6.07) is 11.2. The number of hydrogen-bond donors (Lipinski definition) is 1. The van der Waals surface area contributed by atoms with Crippen LogP contribution in [0.2, 0.25) is 5.02 Å². The van der Waals surface area contributed by atoms with Crippen molar-refractivity contribution in [2.45, 2.75) is 4.90 Å². The number of sulfonamides is 1. The molecule has 2 amide bonds. The minimum atomic E-state index is -3.80. The van der Waals surface area contributed by atoms with E-state index >= 15 is 0 Å². The summed E-state index contributed by atoms with van der Waals surface area (Å²) in [7, 11) is -0.915. The summed E-state index contributed by atoms with van der Waals surface area (Å²) in [6.45, 7) is 0.868. The molecule has 3 rings (SSSR count). The van der Waals surface area contributed by atoms with E-state index in [1.165, 1.54) is 24.6 Å². The first-order valence-corrected chi connectivity index (χ1v) is 10.7. The first-order chi connectivity index (χ1) is 13.8. The summed E-state index contributed by atoms with van der Waals surface area (Å²) in [5, 5.41) is 3.29. The van der Waals surface area contributed by atoms with Gasteiger partial charge in [-0.1, -0.05) is 17.7 Å². The average Bonchev–Trinajstić information content (AvgIpc) is 2.73. The molecule has 0 aliphatic carbocycles. The van der Waals surface area contributed by atoms with Gasteiger partial charge in [0.25, 0.3) is 0 Å². The van der Waals surface area contributed by atoms with Crippen molar-refractivity contribution in [2.75, 3.05) is 45.7 Å². The number of carbonyl (C=O) groups excluding carboxylic acids is 1. The molecule has 1 N–H and O–H groups in total. The molecule has 8 nitrogen and oxygen atoms in total. The molecule has 1 heterocycles. The number of carbonyl (C=O) groups is 1. The van der Waals surface area contributed by atoms with Gasteiger partial charge in [-0.05, 0) is 30.3 Å². The van der Waals surface area contributed by atoms with E-state index in [2.05, 4.69) is 5.32 Å². The van der Waals surface area contributed by atoms with Gasteiger partial charge in [0.05, 0.1) is 14.2 Å². The second kappa shape index (κ2) is 8.89. The predicted octanol–water partition coefficient (Wildman–Crippen LogP) is 2.90. The molecule has 156 valence electrons. The Morgan fingerprint density at radius 1 is 1.03 bits per heavy atom. The Hall–Kier alpha value is -2.49. The van der Waals surface area contributed by atoms with E-state index in [4.69, 9.17) is 21.1 Å². The number of urea groups is 1. The number of amides is 2. The van der Waals surface area contributed by atoms with Gasteiger partial charge in [-0.2, -0.15) is 4.31 Å². The number of ether oxygens (including phenoxy) is 2. The first kappa shape index (κ1) is 21.2. The Bertz CT molecular complexity index is 991. The van der Waals surface area contributed by atoms with Gasteiger partial charge in [-0.25, -0.2) is 13.2 Å². The lowest BCUT2D eigenvalue weighted by molar-refractivity contribution is 0.184. The molecule has 0 saturated carbocycles. The van der Waals surface area contributed by atoms with E-state index in [1.54, 1.807) is 41.3 Å². The van der Waals surface area contributed by atoms with Crippen molar-refractivity contribution in [3.63, 3.8) is 0 Å². The summed E-state index contributed by atoms with van der Waals surface area (Å²) in [6.07, 6.45) is 0. The molecule has 0 radical (unpaired) electrons. The standard InChI is InChI=1S/C19H22ClN3O5S/c1-27-16-6-7-17(28-2)18(13-16)29(25,26)23-10-8-22(9-11-23)19(24)21-15-5-3-4-14(20)12-15/h3-7,12-13H,8-11H2,1-2H3,(H,21,24). The molecule has 2 aromatic carbocycles. The lowest BCUT2D eigenvalue weighted by atomic mass is 10.3. The van der Waals surface area contributed by atoms with Crippen LogP contribution in [0.1, 0.15) is 0 Å². The van der Waals surface area contributed by atoms with Crippen molar-refractivity contribution < 1.29 is 22.7 Å². The smallest absolute Gasteiger partial charge is 0.321 e. The minimum absolute atomic E-state index is 0.0381. The van der Waals surface area contributed by atoms with Crippen molar-refractivity contribution in [3.8, 4) is 11.5 Å². The van der Waals surface area contributed by atoms with Gasteiger partial charge in [0.15, 0.2) is 0 Å². The zero-order chi connectivity index (χ0) is 21.0. The third kappa shape index (κ3) is 4.75. The number of nitrogens with zero attached hydrogens (tertiary/aromatic N) is 2. The molecular weight excluding hydrogens is 418 g/mol. The molecule has 2 aromatic rings. The van der Waals surface area contributed by atoms with Crippen LogP contribution in [-0.4, -0.2) is 64.1 Å². The van der Waals surface area contributed by atoms with E-state index in [0.29, 0.717) is 16.5 Å². The number of methoxy groups -OCH3 is 2.